The predicted octanol–water partition coefficient (Wildman–Crippen LogP) is 4.00. The second-order valence-corrected chi connectivity index (χ2v) is 8.59. The Balaban J connectivity index is 1.29. The summed E-state index contributed by atoms with van der Waals surface area (Å²) in [6, 6.07) is 16.7. The van der Waals surface area contributed by atoms with E-state index < -0.39 is 0 Å². The van der Waals surface area contributed by atoms with Crippen molar-refractivity contribution in [3.05, 3.63) is 107 Å². The molecule has 0 unspecified atom stereocenters. The maximum atomic E-state index is 13.2. The number of aryl methyl sites for hydroxylation is 1. The first-order chi connectivity index (χ1) is 15.7. The average molecular weight is 422 g/mol. The van der Waals surface area contributed by atoms with Crippen molar-refractivity contribution in [2.75, 3.05) is 18.0 Å². The van der Waals surface area contributed by atoms with Gasteiger partial charge in [-0.15, -0.1) is 0 Å². The van der Waals surface area contributed by atoms with E-state index in [4.69, 9.17) is 0 Å². The quantitative estimate of drug-likeness (QED) is 0.440. The maximum absolute atomic E-state index is 13.2. The first kappa shape index (κ1) is 18.8. The van der Waals surface area contributed by atoms with Gasteiger partial charge in [-0.3, -0.25) is 9.78 Å². The third-order valence-corrected chi connectivity index (χ3v) is 6.35. The van der Waals surface area contributed by atoms with Crippen LogP contribution >= 0.6 is 0 Å². The van der Waals surface area contributed by atoms with Gasteiger partial charge in [-0.25, -0.2) is 4.98 Å². The van der Waals surface area contributed by atoms with Crippen molar-refractivity contribution >= 4 is 22.1 Å². The normalized spacial score (nSPS) is 14.2. The van der Waals surface area contributed by atoms with Crippen LogP contribution < -0.4 is 10.5 Å². The minimum Gasteiger partial charge on any atom is -0.368 e. The number of rotatable bonds is 4. The highest BCUT2D eigenvalue weighted by Crippen LogP contribution is 2.34. The van der Waals surface area contributed by atoms with Crippen molar-refractivity contribution in [3.8, 4) is 0 Å². The van der Waals surface area contributed by atoms with Crippen LogP contribution in [0.5, 0.6) is 0 Å². The SMILES string of the molecule is Cc1ccc2nc(Cn3ccc4c(N5CC(c6ccccc6)C5)cncc4c3=O)cn2c1. The van der Waals surface area contributed by atoms with Crippen LogP contribution in [0.25, 0.3) is 16.4 Å². The summed E-state index contributed by atoms with van der Waals surface area (Å²) in [5.74, 6) is 0.519. The van der Waals surface area contributed by atoms with E-state index in [0.29, 0.717) is 17.8 Å². The second-order valence-electron chi connectivity index (χ2n) is 8.59. The molecular formula is C26H23N5O. The highest BCUT2D eigenvalue weighted by Gasteiger charge is 2.29. The molecule has 32 heavy (non-hydrogen) atoms. The molecule has 5 heterocycles. The Morgan fingerprint density at radius 3 is 2.66 bits per heavy atom. The number of hydrogen-bond donors (Lipinski definition) is 0. The largest absolute Gasteiger partial charge is 0.368 e. The molecule has 0 radical (unpaired) electrons. The summed E-state index contributed by atoms with van der Waals surface area (Å²) in [6.07, 6.45) is 9.45. The van der Waals surface area contributed by atoms with Gasteiger partial charge in [0.1, 0.15) is 5.65 Å². The van der Waals surface area contributed by atoms with Gasteiger partial charge in [0, 0.05) is 49.2 Å². The highest BCUT2D eigenvalue weighted by molar-refractivity contribution is 5.93. The standard InChI is InChI=1S/C26H23N5O/c1-18-7-8-25-28-21(17-31(25)13-18)16-29-10-9-22-23(26(29)32)11-27-12-24(22)30-14-20(15-30)19-5-3-2-4-6-19/h2-13,17,20H,14-16H2,1H3. The molecule has 0 spiro atoms. The van der Waals surface area contributed by atoms with Crippen molar-refractivity contribution in [3.63, 3.8) is 0 Å². The van der Waals surface area contributed by atoms with E-state index in [1.807, 2.05) is 53.5 Å². The van der Waals surface area contributed by atoms with Crippen LogP contribution in [0.3, 0.4) is 0 Å². The van der Waals surface area contributed by atoms with Gasteiger partial charge >= 0.3 is 0 Å². The summed E-state index contributed by atoms with van der Waals surface area (Å²) in [6.45, 7) is 4.36. The van der Waals surface area contributed by atoms with Gasteiger partial charge in [0.2, 0.25) is 0 Å². The van der Waals surface area contributed by atoms with E-state index in [1.54, 1.807) is 10.8 Å². The lowest BCUT2D eigenvalue weighted by Gasteiger charge is -2.41. The summed E-state index contributed by atoms with van der Waals surface area (Å²) in [7, 11) is 0. The summed E-state index contributed by atoms with van der Waals surface area (Å²) >= 11 is 0. The zero-order valence-corrected chi connectivity index (χ0v) is 17.8. The number of nitrogens with zero attached hydrogens (tertiary/aromatic N) is 5. The summed E-state index contributed by atoms with van der Waals surface area (Å²) in [5.41, 5.74) is 5.27. The van der Waals surface area contributed by atoms with E-state index in [9.17, 15) is 4.79 Å². The first-order valence-corrected chi connectivity index (χ1v) is 10.9. The third-order valence-electron chi connectivity index (χ3n) is 6.35. The van der Waals surface area contributed by atoms with Crippen molar-refractivity contribution in [2.24, 2.45) is 0 Å². The Kier molecular flexibility index (Phi) is 4.31. The fourth-order valence-electron chi connectivity index (χ4n) is 4.59. The van der Waals surface area contributed by atoms with E-state index in [-0.39, 0.29) is 5.56 Å². The van der Waals surface area contributed by atoms with E-state index in [0.717, 1.165) is 35.5 Å². The van der Waals surface area contributed by atoms with Gasteiger partial charge in [-0.05, 0) is 30.2 Å². The zero-order chi connectivity index (χ0) is 21.7. The molecule has 0 N–H and O–H groups in total. The Morgan fingerprint density at radius 1 is 0.969 bits per heavy atom. The Labute approximate surface area is 185 Å². The molecule has 4 aromatic heterocycles. The molecule has 5 aromatic rings. The fraction of sp³-hybridized carbons (Fsp3) is 0.192. The minimum absolute atomic E-state index is 0.0368. The third kappa shape index (κ3) is 3.15. The lowest BCUT2D eigenvalue weighted by molar-refractivity contribution is 0.526. The molecule has 6 heteroatoms. The smallest absolute Gasteiger partial charge is 0.260 e. The van der Waals surface area contributed by atoms with Crippen LogP contribution in [0.4, 0.5) is 5.69 Å². The molecule has 0 bridgehead atoms. The van der Waals surface area contributed by atoms with Crippen LogP contribution in [0.15, 0.2) is 84.3 Å². The molecule has 1 saturated heterocycles. The molecule has 0 atom stereocenters. The molecule has 158 valence electrons. The molecular weight excluding hydrogens is 398 g/mol. The number of aromatic nitrogens is 4. The monoisotopic (exact) mass is 421 g/mol. The zero-order valence-electron chi connectivity index (χ0n) is 17.8. The van der Waals surface area contributed by atoms with Gasteiger partial charge in [0.05, 0.1) is 29.5 Å². The molecule has 0 saturated carbocycles. The number of hydrogen-bond acceptors (Lipinski definition) is 4. The number of anilines is 1. The van der Waals surface area contributed by atoms with Crippen molar-refractivity contribution in [1.82, 2.24) is 18.9 Å². The number of pyridine rings is 3. The first-order valence-electron chi connectivity index (χ1n) is 10.9. The topological polar surface area (TPSA) is 55.4 Å². The van der Waals surface area contributed by atoms with Gasteiger partial charge in [-0.2, -0.15) is 0 Å². The summed E-state index contributed by atoms with van der Waals surface area (Å²) in [5, 5.41) is 1.60. The van der Waals surface area contributed by atoms with Crippen molar-refractivity contribution in [2.45, 2.75) is 19.4 Å². The molecule has 1 aliphatic rings. The second kappa shape index (κ2) is 7.34. The fourth-order valence-corrected chi connectivity index (χ4v) is 4.59. The number of fused-ring (bicyclic) bond motifs is 2. The predicted molar refractivity (Wildman–Crippen MR) is 126 cm³/mol. The highest BCUT2D eigenvalue weighted by atomic mass is 16.1. The molecule has 6 rings (SSSR count). The van der Waals surface area contributed by atoms with Gasteiger partial charge < -0.3 is 13.9 Å². The van der Waals surface area contributed by atoms with E-state index in [1.165, 1.54) is 11.1 Å². The molecule has 0 aliphatic carbocycles. The molecule has 0 amide bonds. The summed E-state index contributed by atoms with van der Waals surface area (Å²) in [4.78, 5) is 24.6. The Bertz CT molecular complexity index is 1500. The number of benzene rings is 1. The van der Waals surface area contributed by atoms with Crippen LogP contribution in [0.2, 0.25) is 0 Å². The van der Waals surface area contributed by atoms with Crippen LogP contribution in [0, 0.1) is 6.92 Å². The molecule has 1 fully saturated rings. The van der Waals surface area contributed by atoms with Crippen LogP contribution in [-0.4, -0.2) is 32.0 Å². The lowest BCUT2D eigenvalue weighted by Crippen LogP contribution is -2.45. The molecule has 1 aromatic carbocycles. The molecule has 6 nitrogen and oxygen atoms in total. The van der Waals surface area contributed by atoms with Crippen molar-refractivity contribution in [1.29, 1.82) is 0 Å². The average Bonchev–Trinajstić information content (AvgIpc) is 3.17. The summed E-state index contributed by atoms with van der Waals surface area (Å²) < 4.78 is 3.72. The van der Waals surface area contributed by atoms with Crippen LogP contribution in [-0.2, 0) is 6.54 Å². The minimum atomic E-state index is -0.0368. The van der Waals surface area contributed by atoms with E-state index >= 15 is 0 Å². The van der Waals surface area contributed by atoms with Gasteiger partial charge in [-0.1, -0.05) is 36.4 Å². The number of imidazole rings is 1. The van der Waals surface area contributed by atoms with Crippen LogP contribution in [0.1, 0.15) is 22.7 Å². The van der Waals surface area contributed by atoms with Gasteiger partial charge in [0.15, 0.2) is 0 Å². The Morgan fingerprint density at radius 2 is 1.81 bits per heavy atom. The van der Waals surface area contributed by atoms with Gasteiger partial charge in [0.25, 0.3) is 5.56 Å². The van der Waals surface area contributed by atoms with Crippen molar-refractivity contribution < 1.29 is 0 Å². The Hall–Kier alpha value is -3.93. The lowest BCUT2D eigenvalue weighted by atomic mass is 9.91. The molecule has 1 aliphatic heterocycles. The maximum Gasteiger partial charge on any atom is 0.260 e. The van der Waals surface area contributed by atoms with E-state index in [2.05, 4.69) is 46.1 Å².